The Kier molecular flexibility index (Phi) is 6.83. The molecule has 57 heavy (non-hydrogen) atoms. The fourth-order valence-corrected chi connectivity index (χ4v) is 8.71. The van der Waals surface area contributed by atoms with Gasteiger partial charge < -0.3 is 8.98 Å². The first-order chi connectivity index (χ1) is 28.3. The van der Waals surface area contributed by atoms with E-state index in [-0.39, 0.29) is 0 Å². The molecule has 0 aliphatic carbocycles. The highest BCUT2D eigenvalue weighted by atomic mass is 16.3. The smallest absolute Gasteiger partial charge is 0.238 e. The van der Waals surface area contributed by atoms with Gasteiger partial charge in [0.2, 0.25) is 5.95 Å². The quantitative estimate of drug-likeness (QED) is 0.177. The van der Waals surface area contributed by atoms with Gasteiger partial charge in [0.25, 0.3) is 0 Å². The molecule has 4 heterocycles. The van der Waals surface area contributed by atoms with Crippen LogP contribution in [0.25, 0.3) is 111 Å². The lowest BCUT2D eigenvalue weighted by atomic mass is 10.0. The topological polar surface area (TPSA) is 61.7 Å². The highest BCUT2D eigenvalue weighted by molar-refractivity contribution is 6.26. The van der Waals surface area contributed by atoms with Crippen LogP contribution >= 0.6 is 0 Å². The van der Waals surface area contributed by atoms with Crippen LogP contribution in [0, 0.1) is 0 Å². The van der Waals surface area contributed by atoms with Crippen molar-refractivity contribution in [3.05, 3.63) is 188 Å². The summed E-state index contributed by atoms with van der Waals surface area (Å²) in [7, 11) is 0. The lowest BCUT2D eigenvalue weighted by Crippen LogP contribution is -2.06. The Morgan fingerprint density at radius 2 is 0.930 bits per heavy atom. The van der Waals surface area contributed by atoms with Gasteiger partial charge in [-0.1, -0.05) is 133 Å². The van der Waals surface area contributed by atoms with Gasteiger partial charge in [0.05, 0.1) is 27.5 Å². The molecule has 0 bridgehead atoms. The summed E-state index contributed by atoms with van der Waals surface area (Å²) in [5, 5.41) is 6.59. The van der Waals surface area contributed by atoms with Gasteiger partial charge >= 0.3 is 0 Å². The van der Waals surface area contributed by atoms with Crippen LogP contribution in [0.1, 0.15) is 0 Å². The molecule has 0 amide bonds. The Morgan fingerprint density at radius 1 is 0.368 bits per heavy atom. The number of nitrogens with zero attached hydrogens (tertiary/aromatic N) is 5. The van der Waals surface area contributed by atoms with Crippen molar-refractivity contribution in [3.63, 3.8) is 0 Å². The molecule has 4 aromatic heterocycles. The fourth-order valence-electron chi connectivity index (χ4n) is 8.71. The molecule has 0 saturated carbocycles. The van der Waals surface area contributed by atoms with Gasteiger partial charge in [-0.2, -0.15) is 9.97 Å². The highest BCUT2D eigenvalue weighted by Crippen LogP contribution is 2.44. The molecule has 8 aromatic carbocycles. The first kappa shape index (κ1) is 31.5. The van der Waals surface area contributed by atoms with E-state index >= 15 is 0 Å². The van der Waals surface area contributed by atoms with E-state index in [0.29, 0.717) is 17.6 Å². The number of aromatic nitrogens is 5. The average molecular weight is 730 g/mol. The maximum absolute atomic E-state index is 6.72. The Bertz CT molecular complexity index is 3470. The van der Waals surface area contributed by atoms with Crippen molar-refractivity contribution in [2.75, 3.05) is 0 Å². The minimum Gasteiger partial charge on any atom is -0.456 e. The van der Waals surface area contributed by atoms with Gasteiger partial charge in [0.1, 0.15) is 11.2 Å². The van der Waals surface area contributed by atoms with Crippen molar-refractivity contribution in [1.29, 1.82) is 0 Å². The SMILES string of the molecule is c1ccc(-c2cccc(-c3nc(-c4cccc5oc6ccc7c8ccccc8n(-c8ccccc8)c7c6c45)nc(-n4c5ccccc5c5ccccc54)n3)c2)cc1. The summed E-state index contributed by atoms with van der Waals surface area (Å²) in [6.45, 7) is 0. The largest absolute Gasteiger partial charge is 0.456 e. The van der Waals surface area contributed by atoms with Crippen molar-refractivity contribution in [3.8, 4) is 45.5 Å². The summed E-state index contributed by atoms with van der Waals surface area (Å²) >= 11 is 0. The molecule has 0 aliphatic heterocycles. The van der Waals surface area contributed by atoms with Gasteiger partial charge in [0.15, 0.2) is 11.6 Å². The third-order valence-corrected chi connectivity index (χ3v) is 11.2. The summed E-state index contributed by atoms with van der Waals surface area (Å²) in [5.74, 6) is 1.70. The molecule has 0 aliphatic rings. The van der Waals surface area contributed by atoms with Crippen LogP contribution in [0.3, 0.4) is 0 Å². The molecule has 0 radical (unpaired) electrons. The summed E-state index contributed by atoms with van der Waals surface area (Å²) in [6, 6.07) is 65.4. The monoisotopic (exact) mass is 729 g/mol. The minimum atomic E-state index is 0.547. The predicted octanol–water partition coefficient (Wildman–Crippen LogP) is 13.0. The minimum absolute atomic E-state index is 0.547. The number of rotatable bonds is 5. The van der Waals surface area contributed by atoms with E-state index in [0.717, 1.165) is 88.1 Å². The lowest BCUT2D eigenvalue weighted by Gasteiger charge is -2.12. The molecule has 0 fully saturated rings. The number of benzene rings is 8. The van der Waals surface area contributed by atoms with Crippen molar-refractivity contribution < 1.29 is 4.42 Å². The molecule has 0 unspecified atom stereocenters. The van der Waals surface area contributed by atoms with E-state index in [1.54, 1.807) is 0 Å². The summed E-state index contributed by atoms with van der Waals surface area (Å²) < 4.78 is 11.2. The zero-order valence-corrected chi connectivity index (χ0v) is 30.5. The molecule has 6 nitrogen and oxygen atoms in total. The van der Waals surface area contributed by atoms with Crippen LogP contribution < -0.4 is 0 Å². The number of para-hydroxylation sites is 4. The fraction of sp³-hybridized carbons (Fsp3) is 0. The molecule has 0 saturated heterocycles. The Labute approximate surface area is 326 Å². The number of hydrogen-bond donors (Lipinski definition) is 0. The molecule has 266 valence electrons. The first-order valence-electron chi connectivity index (χ1n) is 19.1. The van der Waals surface area contributed by atoms with E-state index in [1.807, 2.05) is 18.2 Å². The van der Waals surface area contributed by atoms with Crippen LogP contribution in [-0.2, 0) is 0 Å². The van der Waals surface area contributed by atoms with Crippen molar-refractivity contribution in [2.45, 2.75) is 0 Å². The number of furan rings is 1. The molecular weight excluding hydrogens is 699 g/mol. The standard InChI is InChI=1S/C51H31N5O/c1-3-15-32(16-4-1)33-17-13-18-34(31-33)49-52-50(54-51(53-49)56-42-26-11-7-21-36(42)37-22-8-12-27-43(37)56)40-24-14-28-44-46(40)47-45(57-44)30-29-39-38-23-9-10-25-41(38)55(48(39)47)35-19-5-2-6-20-35/h1-31H. The van der Waals surface area contributed by atoms with Gasteiger partial charge in [-0.3, -0.25) is 4.57 Å². The van der Waals surface area contributed by atoms with E-state index in [9.17, 15) is 0 Å². The maximum Gasteiger partial charge on any atom is 0.238 e. The summed E-state index contributed by atoms with van der Waals surface area (Å²) in [4.78, 5) is 16.0. The molecule has 12 aromatic rings. The van der Waals surface area contributed by atoms with Crippen LogP contribution in [-0.4, -0.2) is 24.1 Å². The van der Waals surface area contributed by atoms with Crippen LogP contribution in [0.4, 0.5) is 0 Å². The van der Waals surface area contributed by atoms with Gasteiger partial charge in [0, 0.05) is 43.7 Å². The lowest BCUT2D eigenvalue weighted by molar-refractivity contribution is 0.669. The van der Waals surface area contributed by atoms with Gasteiger partial charge in [-0.25, -0.2) is 4.98 Å². The molecule has 12 rings (SSSR count). The summed E-state index contributed by atoms with van der Waals surface area (Å²) in [5.41, 5.74) is 10.9. The van der Waals surface area contributed by atoms with Crippen LogP contribution in [0.15, 0.2) is 192 Å². The molecule has 0 atom stereocenters. The molecular formula is C51H31N5O. The van der Waals surface area contributed by atoms with E-state index in [1.165, 1.54) is 5.39 Å². The first-order valence-corrected chi connectivity index (χ1v) is 19.1. The molecule has 6 heteroatoms. The zero-order chi connectivity index (χ0) is 37.5. The Hall–Kier alpha value is -7.83. The van der Waals surface area contributed by atoms with E-state index in [2.05, 4.69) is 179 Å². The second kappa shape index (κ2) is 12.3. The Morgan fingerprint density at radius 3 is 1.67 bits per heavy atom. The zero-order valence-electron chi connectivity index (χ0n) is 30.5. The highest BCUT2D eigenvalue weighted by Gasteiger charge is 2.24. The maximum atomic E-state index is 6.72. The van der Waals surface area contributed by atoms with Crippen LogP contribution in [0.5, 0.6) is 0 Å². The average Bonchev–Trinajstić information content (AvgIpc) is 3.95. The second-order valence-electron chi connectivity index (χ2n) is 14.4. The van der Waals surface area contributed by atoms with E-state index < -0.39 is 0 Å². The number of hydrogen-bond acceptors (Lipinski definition) is 4. The normalized spacial score (nSPS) is 11.9. The predicted molar refractivity (Wildman–Crippen MR) is 232 cm³/mol. The molecule has 0 spiro atoms. The van der Waals surface area contributed by atoms with Crippen molar-refractivity contribution in [1.82, 2.24) is 24.1 Å². The van der Waals surface area contributed by atoms with Crippen molar-refractivity contribution in [2.24, 2.45) is 0 Å². The Balaban J connectivity index is 1.19. The van der Waals surface area contributed by atoms with Crippen molar-refractivity contribution >= 4 is 65.6 Å². The van der Waals surface area contributed by atoms with Crippen LogP contribution in [0.2, 0.25) is 0 Å². The second-order valence-corrected chi connectivity index (χ2v) is 14.4. The third-order valence-electron chi connectivity index (χ3n) is 11.2. The van der Waals surface area contributed by atoms with Gasteiger partial charge in [-0.05, 0) is 65.7 Å². The molecule has 0 N–H and O–H groups in total. The number of fused-ring (bicyclic) bond motifs is 10. The van der Waals surface area contributed by atoms with E-state index in [4.69, 9.17) is 19.4 Å². The van der Waals surface area contributed by atoms with Gasteiger partial charge in [-0.15, -0.1) is 0 Å². The summed E-state index contributed by atoms with van der Waals surface area (Å²) in [6.07, 6.45) is 0. The third kappa shape index (κ3) is 4.81.